The van der Waals surface area contributed by atoms with Crippen LogP contribution in [0.2, 0.25) is 0 Å². The second kappa shape index (κ2) is 6.37. The van der Waals surface area contributed by atoms with Gasteiger partial charge in [-0.1, -0.05) is 6.92 Å². The zero-order valence-corrected chi connectivity index (χ0v) is 10.1. The third-order valence-electron chi connectivity index (χ3n) is 2.35. The molecule has 88 valence electrons. The monoisotopic (exact) mass is 242 g/mol. The van der Waals surface area contributed by atoms with Crippen LogP contribution in [-0.4, -0.2) is 37.4 Å². The Bertz CT molecular complexity index is 355. The Morgan fingerprint density at radius 2 is 2.25 bits per heavy atom. The molecule has 1 aliphatic rings. The van der Waals surface area contributed by atoms with Gasteiger partial charge < -0.3 is 9.64 Å². The predicted molar refractivity (Wildman–Crippen MR) is 59.5 cm³/mol. The maximum atomic E-state index is 8.12. The molecule has 0 saturated carbocycles. The van der Waals surface area contributed by atoms with Crippen molar-refractivity contribution in [3.05, 3.63) is 11.1 Å². The Hall–Kier alpha value is -1.23. The summed E-state index contributed by atoms with van der Waals surface area (Å²) < 4.78 is 5.21. The van der Waals surface area contributed by atoms with Gasteiger partial charge in [-0.3, -0.25) is 0 Å². The van der Waals surface area contributed by atoms with Crippen molar-refractivity contribution in [2.75, 3.05) is 25.1 Å². The smallest absolute Gasteiger partial charge is 0.373 e. The molecule has 1 saturated heterocycles. The van der Waals surface area contributed by atoms with Crippen molar-refractivity contribution in [1.29, 1.82) is 0 Å². The summed E-state index contributed by atoms with van der Waals surface area (Å²) in [5.74, 6) is 0. The molecule has 16 heavy (non-hydrogen) atoms. The molecule has 0 spiro atoms. The Kier molecular flexibility index (Phi) is 5.11. The number of thiazole rings is 1. The molecule has 2 heterocycles. The van der Waals surface area contributed by atoms with Crippen LogP contribution in [0.1, 0.15) is 12.6 Å². The third-order valence-corrected chi connectivity index (χ3v) is 3.30. The fourth-order valence-electron chi connectivity index (χ4n) is 1.35. The van der Waals surface area contributed by atoms with E-state index >= 15 is 0 Å². The van der Waals surface area contributed by atoms with E-state index in [-0.39, 0.29) is 6.15 Å². The Balaban J connectivity index is 0.000000386. The maximum absolute atomic E-state index is 8.12. The number of aryl methyl sites for hydroxylation is 1. The lowest BCUT2D eigenvalue weighted by Crippen LogP contribution is -2.51. The summed E-state index contributed by atoms with van der Waals surface area (Å²) in [7, 11) is 1.77. The van der Waals surface area contributed by atoms with E-state index in [1.807, 2.05) is 0 Å². The third kappa shape index (κ3) is 3.13. The molecule has 6 heteroatoms. The quantitative estimate of drug-likeness (QED) is 0.790. The van der Waals surface area contributed by atoms with Crippen LogP contribution in [0.3, 0.4) is 0 Å². The van der Waals surface area contributed by atoms with Crippen LogP contribution < -0.4 is 4.90 Å². The van der Waals surface area contributed by atoms with Gasteiger partial charge in [-0.15, -0.1) is 11.3 Å². The molecule has 1 aliphatic heterocycles. The van der Waals surface area contributed by atoms with Crippen LogP contribution in [0.4, 0.5) is 5.13 Å². The minimum atomic E-state index is 0.250. The predicted octanol–water partition coefficient (Wildman–Crippen LogP) is 0.957. The van der Waals surface area contributed by atoms with Gasteiger partial charge in [0.15, 0.2) is 5.13 Å². The molecular weight excluding hydrogens is 228 g/mol. The van der Waals surface area contributed by atoms with E-state index in [1.165, 1.54) is 5.69 Å². The molecule has 1 fully saturated rings. The lowest BCUT2D eigenvalue weighted by atomic mass is 10.2. The van der Waals surface area contributed by atoms with Crippen LogP contribution in [0.25, 0.3) is 0 Å². The van der Waals surface area contributed by atoms with E-state index in [0.717, 1.165) is 24.6 Å². The summed E-state index contributed by atoms with van der Waals surface area (Å²) in [5, 5.41) is 3.28. The first-order chi connectivity index (χ1) is 7.74. The number of ether oxygens (including phenoxy) is 1. The lowest BCUT2D eigenvalue weighted by Gasteiger charge is -2.37. The van der Waals surface area contributed by atoms with Crippen molar-refractivity contribution in [2.24, 2.45) is 0 Å². The average Bonchev–Trinajstić information content (AvgIpc) is 2.66. The van der Waals surface area contributed by atoms with Gasteiger partial charge in [-0.05, 0) is 6.42 Å². The Morgan fingerprint density at radius 1 is 1.62 bits per heavy atom. The van der Waals surface area contributed by atoms with E-state index in [1.54, 1.807) is 18.4 Å². The molecule has 0 aromatic carbocycles. The van der Waals surface area contributed by atoms with E-state index < -0.39 is 0 Å². The summed E-state index contributed by atoms with van der Waals surface area (Å²) >= 11 is 1.73. The van der Waals surface area contributed by atoms with E-state index in [2.05, 4.69) is 22.2 Å². The minimum Gasteiger partial charge on any atom is -0.378 e. The molecular formula is C10H14N2O3S. The van der Waals surface area contributed by atoms with Gasteiger partial charge in [-0.25, -0.2) is 4.98 Å². The minimum absolute atomic E-state index is 0.250. The van der Waals surface area contributed by atoms with Crippen LogP contribution >= 0.6 is 11.3 Å². The van der Waals surface area contributed by atoms with Crippen molar-refractivity contribution in [3.8, 4) is 0 Å². The second-order valence-corrected chi connectivity index (χ2v) is 4.16. The number of nitrogens with zero attached hydrogens (tertiary/aromatic N) is 2. The average molecular weight is 242 g/mol. The highest BCUT2D eigenvalue weighted by atomic mass is 32.1. The number of methoxy groups -OCH3 is 1. The number of rotatable bonds is 3. The summed E-state index contributed by atoms with van der Waals surface area (Å²) in [5.41, 5.74) is 1.20. The molecule has 5 nitrogen and oxygen atoms in total. The molecule has 0 amide bonds. The molecule has 0 aliphatic carbocycles. The zero-order chi connectivity index (χ0) is 12.0. The van der Waals surface area contributed by atoms with Gasteiger partial charge in [-0.2, -0.15) is 9.59 Å². The van der Waals surface area contributed by atoms with Crippen LogP contribution in [0, 0.1) is 0 Å². The summed E-state index contributed by atoms with van der Waals surface area (Å²) in [6.45, 7) is 4.12. The first-order valence-corrected chi connectivity index (χ1v) is 5.84. The van der Waals surface area contributed by atoms with E-state index in [9.17, 15) is 0 Å². The molecule has 2 rings (SSSR count). The molecule has 0 atom stereocenters. The molecule has 1 aromatic heterocycles. The van der Waals surface area contributed by atoms with Gasteiger partial charge >= 0.3 is 6.15 Å². The first kappa shape index (κ1) is 12.8. The molecule has 1 aromatic rings. The van der Waals surface area contributed by atoms with Crippen molar-refractivity contribution in [2.45, 2.75) is 19.4 Å². The van der Waals surface area contributed by atoms with Gasteiger partial charge in [0.05, 0.1) is 11.8 Å². The lowest BCUT2D eigenvalue weighted by molar-refractivity contribution is -0.191. The van der Waals surface area contributed by atoms with Gasteiger partial charge in [0, 0.05) is 25.6 Å². The Labute approximate surface area is 98.0 Å². The van der Waals surface area contributed by atoms with Crippen LogP contribution in [0.5, 0.6) is 0 Å². The number of carbonyl (C=O) groups excluding carboxylic acids is 2. The number of hydrogen-bond acceptors (Lipinski definition) is 6. The van der Waals surface area contributed by atoms with E-state index in [0.29, 0.717) is 6.10 Å². The standard InChI is InChI=1S/C9H14N2OS.CO2/c1-3-7-6-13-9(10-7)11-4-8(5-11)12-2;2-1-3/h6,8H,3-5H2,1-2H3;. The normalized spacial score (nSPS) is 14.8. The van der Waals surface area contributed by atoms with Crippen molar-refractivity contribution < 1.29 is 14.3 Å². The van der Waals surface area contributed by atoms with Gasteiger partial charge in [0.25, 0.3) is 0 Å². The fraction of sp³-hybridized carbons (Fsp3) is 0.600. The highest BCUT2D eigenvalue weighted by Crippen LogP contribution is 2.25. The largest absolute Gasteiger partial charge is 0.378 e. The number of anilines is 1. The summed E-state index contributed by atoms with van der Waals surface area (Å²) in [6, 6.07) is 0. The highest BCUT2D eigenvalue weighted by Gasteiger charge is 2.28. The summed E-state index contributed by atoms with van der Waals surface area (Å²) in [6.07, 6.45) is 1.69. The van der Waals surface area contributed by atoms with Crippen LogP contribution in [0.15, 0.2) is 5.38 Å². The Morgan fingerprint density at radius 3 is 2.69 bits per heavy atom. The number of hydrogen-bond donors (Lipinski definition) is 0. The molecule has 0 N–H and O–H groups in total. The summed E-state index contributed by atoms with van der Waals surface area (Å²) in [4.78, 5) is 23.0. The fourth-order valence-corrected chi connectivity index (χ4v) is 2.28. The first-order valence-electron chi connectivity index (χ1n) is 4.96. The van der Waals surface area contributed by atoms with E-state index in [4.69, 9.17) is 14.3 Å². The van der Waals surface area contributed by atoms with Crippen molar-refractivity contribution in [3.63, 3.8) is 0 Å². The van der Waals surface area contributed by atoms with Crippen molar-refractivity contribution in [1.82, 2.24) is 4.98 Å². The molecule has 0 radical (unpaired) electrons. The molecule has 0 bridgehead atoms. The number of aromatic nitrogens is 1. The van der Waals surface area contributed by atoms with Gasteiger partial charge in [0.2, 0.25) is 0 Å². The zero-order valence-electron chi connectivity index (χ0n) is 9.30. The topological polar surface area (TPSA) is 59.5 Å². The van der Waals surface area contributed by atoms with Crippen molar-refractivity contribution >= 4 is 22.6 Å². The molecule has 0 unspecified atom stereocenters. The van der Waals surface area contributed by atoms with Crippen LogP contribution in [-0.2, 0) is 20.7 Å². The highest BCUT2D eigenvalue weighted by molar-refractivity contribution is 7.13. The SMILES string of the molecule is CCc1csc(N2CC(OC)C2)n1.O=C=O. The maximum Gasteiger partial charge on any atom is 0.373 e. The van der Waals surface area contributed by atoms with Gasteiger partial charge in [0.1, 0.15) is 0 Å². The second-order valence-electron chi connectivity index (χ2n) is 3.32.